The van der Waals surface area contributed by atoms with Crippen molar-refractivity contribution in [2.75, 3.05) is 13.1 Å². The molecule has 0 bridgehead atoms. The third-order valence-corrected chi connectivity index (χ3v) is 3.94. The third kappa shape index (κ3) is 2.92. The van der Waals surface area contributed by atoms with Crippen molar-refractivity contribution in [3.05, 3.63) is 18.2 Å². The van der Waals surface area contributed by atoms with E-state index in [4.69, 9.17) is 0 Å². The van der Waals surface area contributed by atoms with Gasteiger partial charge in [-0.05, 0) is 30.6 Å². The van der Waals surface area contributed by atoms with Crippen LogP contribution in [-0.4, -0.2) is 33.9 Å². The maximum absolute atomic E-state index is 12.2. The lowest BCUT2D eigenvalue weighted by Crippen LogP contribution is -2.33. The van der Waals surface area contributed by atoms with E-state index in [1.165, 1.54) is 6.42 Å². The molecule has 0 radical (unpaired) electrons. The lowest BCUT2D eigenvalue weighted by Gasteiger charge is -2.29. The number of imidazole rings is 1. The van der Waals surface area contributed by atoms with Crippen molar-refractivity contribution in [3.8, 4) is 0 Å². The fourth-order valence-corrected chi connectivity index (χ4v) is 2.70. The first-order valence-electron chi connectivity index (χ1n) is 6.77. The Labute approximate surface area is 109 Å². The number of hydrogen-bond acceptors (Lipinski definition) is 2. The fourth-order valence-electron chi connectivity index (χ4n) is 2.70. The molecule has 1 aliphatic rings. The fraction of sp³-hybridized carbons (Fsp3) is 0.714. The van der Waals surface area contributed by atoms with Crippen LogP contribution >= 0.6 is 0 Å². The van der Waals surface area contributed by atoms with E-state index in [0.717, 1.165) is 25.9 Å². The predicted octanol–water partition coefficient (Wildman–Crippen LogP) is 2.70. The molecule has 1 aromatic rings. The summed E-state index contributed by atoms with van der Waals surface area (Å²) in [6, 6.07) is 0. The molecule has 4 nitrogen and oxygen atoms in total. The van der Waals surface area contributed by atoms with Crippen LogP contribution in [0, 0.1) is 11.3 Å². The molecule has 1 amide bonds. The minimum atomic E-state index is 0.0366. The first-order chi connectivity index (χ1) is 8.48. The Morgan fingerprint density at radius 2 is 2.17 bits per heavy atom. The van der Waals surface area contributed by atoms with Crippen molar-refractivity contribution < 1.29 is 4.79 Å². The monoisotopic (exact) mass is 249 g/mol. The minimum absolute atomic E-state index is 0.0366. The van der Waals surface area contributed by atoms with Gasteiger partial charge in [-0.2, -0.15) is 0 Å². The number of amides is 1. The number of likely N-dealkylation sites (tertiary alicyclic amines) is 1. The van der Waals surface area contributed by atoms with Gasteiger partial charge in [0, 0.05) is 25.5 Å². The highest BCUT2D eigenvalue weighted by molar-refractivity contribution is 5.90. The number of nitrogens with one attached hydrogen (secondary N) is 1. The molecule has 1 unspecified atom stereocenters. The summed E-state index contributed by atoms with van der Waals surface area (Å²) in [5, 5.41) is 0. The summed E-state index contributed by atoms with van der Waals surface area (Å²) in [6.07, 6.45) is 6.72. The Balaban J connectivity index is 1.99. The Kier molecular flexibility index (Phi) is 3.73. The summed E-state index contributed by atoms with van der Waals surface area (Å²) in [5.74, 6) is 1.20. The summed E-state index contributed by atoms with van der Waals surface area (Å²) in [5.41, 5.74) is 0.337. The molecular formula is C14H23N3O. The molecule has 100 valence electrons. The van der Waals surface area contributed by atoms with Crippen molar-refractivity contribution in [1.82, 2.24) is 14.9 Å². The molecule has 1 fully saturated rings. The van der Waals surface area contributed by atoms with Gasteiger partial charge in [-0.1, -0.05) is 20.8 Å². The molecular weight excluding hydrogens is 226 g/mol. The van der Waals surface area contributed by atoms with E-state index < -0.39 is 0 Å². The molecule has 1 saturated heterocycles. The van der Waals surface area contributed by atoms with Gasteiger partial charge >= 0.3 is 0 Å². The molecule has 0 aliphatic carbocycles. The largest absolute Gasteiger partial charge is 0.341 e. The van der Waals surface area contributed by atoms with Crippen molar-refractivity contribution in [2.45, 2.75) is 40.0 Å². The topological polar surface area (TPSA) is 49.0 Å². The van der Waals surface area contributed by atoms with E-state index in [0.29, 0.717) is 17.2 Å². The Morgan fingerprint density at radius 1 is 1.39 bits per heavy atom. The second-order valence-corrected chi connectivity index (χ2v) is 6.22. The first kappa shape index (κ1) is 13.1. The molecule has 1 aromatic heterocycles. The maximum Gasteiger partial charge on any atom is 0.289 e. The molecule has 18 heavy (non-hydrogen) atoms. The highest BCUT2D eigenvalue weighted by Crippen LogP contribution is 2.34. The van der Waals surface area contributed by atoms with Crippen LogP contribution in [0.2, 0.25) is 0 Å². The summed E-state index contributed by atoms with van der Waals surface area (Å²) in [6.45, 7) is 8.58. The zero-order valence-electron chi connectivity index (χ0n) is 11.6. The normalized spacial score (nSPS) is 21.7. The number of rotatable bonds is 1. The summed E-state index contributed by atoms with van der Waals surface area (Å²) in [4.78, 5) is 21.1. The van der Waals surface area contributed by atoms with Gasteiger partial charge in [0.1, 0.15) is 0 Å². The average Bonchev–Trinajstić information content (AvgIpc) is 2.70. The number of carbonyl (C=O) groups is 1. The van der Waals surface area contributed by atoms with Gasteiger partial charge in [0.05, 0.1) is 0 Å². The van der Waals surface area contributed by atoms with Crippen LogP contribution in [0.1, 0.15) is 50.7 Å². The highest BCUT2D eigenvalue weighted by Gasteiger charge is 2.29. The summed E-state index contributed by atoms with van der Waals surface area (Å²) >= 11 is 0. The quantitative estimate of drug-likeness (QED) is 0.832. The van der Waals surface area contributed by atoms with Crippen molar-refractivity contribution in [2.24, 2.45) is 11.3 Å². The Morgan fingerprint density at radius 3 is 2.78 bits per heavy atom. The molecule has 0 saturated carbocycles. The van der Waals surface area contributed by atoms with Crippen molar-refractivity contribution in [3.63, 3.8) is 0 Å². The molecule has 4 heteroatoms. The second-order valence-electron chi connectivity index (χ2n) is 6.22. The second kappa shape index (κ2) is 5.12. The van der Waals surface area contributed by atoms with E-state index >= 15 is 0 Å². The van der Waals surface area contributed by atoms with Gasteiger partial charge in [0.15, 0.2) is 5.82 Å². The number of H-pyrrole nitrogens is 1. The smallest absolute Gasteiger partial charge is 0.289 e. The Bertz CT molecular complexity index is 392. The van der Waals surface area contributed by atoms with Crippen LogP contribution in [0.25, 0.3) is 0 Å². The van der Waals surface area contributed by atoms with Crippen LogP contribution < -0.4 is 0 Å². The molecule has 1 atom stereocenters. The van der Waals surface area contributed by atoms with Gasteiger partial charge in [-0.25, -0.2) is 4.98 Å². The van der Waals surface area contributed by atoms with Crippen molar-refractivity contribution >= 4 is 5.91 Å². The zero-order chi connectivity index (χ0) is 13.2. The molecule has 2 heterocycles. The minimum Gasteiger partial charge on any atom is -0.341 e. The maximum atomic E-state index is 12.2. The van der Waals surface area contributed by atoms with Gasteiger partial charge < -0.3 is 9.88 Å². The van der Waals surface area contributed by atoms with Crippen LogP contribution in [0.4, 0.5) is 0 Å². The van der Waals surface area contributed by atoms with E-state index in [1.54, 1.807) is 12.4 Å². The number of nitrogens with zero attached hydrogens (tertiary/aromatic N) is 2. The Hall–Kier alpha value is -1.32. The zero-order valence-corrected chi connectivity index (χ0v) is 11.6. The van der Waals surface area contributed by atoms with Gasteiger partial charge in [-0.15, -0.1) is 0 Å². The average molecular weight is 249 g/mol. The van der Waals surface area contributed by atoms with Gasteiger partial charge in [0.25, 0.3) is 5.91 Å². The first-order valence-corrected chi connectivity index (χ1v) is 6.77. The van der Waals surface area contributed by atoms with Gasteiger partial charge in [0.2, 0.25) is 0 Å². The van der Waals surface area contributed by atoms with E-state index in [2.05, 4.69) is 30.7 Å². The van der Waals surface area contributed by atoms with Crippen LogP contribution in [-0.2, 0) is 0 Å². The predicted molar refractivity (Wildman–Crippen MR) is 71.3 cm³/mol. The van der Waals surface area contributed by atoms with Crippen LogP contribution in [0.15, 0.2) is 12.4 Å². The number of hydrogen-bond donors (Lipinski definition) is 1. The number of aromatic nitrogens is 2. The molecule has 1 N–H and O–H groups in total. The molecule has 0 spiro atoms. The van der Waals surface area contributed by atoms with Gasteiger partial charge in [-0.3, -0.25) is 4.79 Å². The molecule has 0 aromatic carbocycles. The van der Waals surface area contributed by atoms with Crippen molar-refractivity contribution in [1.29, 1.82) is 0 Å². The van der Waals surface area contributed by atoms with E-state index in [9.17, 15) is 4.79 Å². The lowest BCUT2D eigenvalue weighted by molar-refractivity contribution is 0.0744. The molecule has 1 aliphatic heterocycles. The standard InChI is InChI=1S/C14H23N3O/c1-14(2,3)11-5-4-9-17(10-6-11)13(18)12-15-7-8-16-12/h7-8,11H,4-6,9-10H2,1-3H3,(H,15,16). The highest BCUT2D eigenvalue weighted by atomic mass is 16.2. The number of aromatic amines is 1. The van der Waals surface area contributed by atoms with Crippen LogP contribution in [0.5, 0.6) is 0 Å². The lowest BCUT2D eigenvalue weighted by atomic mass is 9.77. The third-order valence-electron chi connectivity index (χ3n) is 3.94. The van der Waals surface area contributed by atoms with E-state index in [-0.39, 0.29) is 5.91 Å². The SMILES string of the molecule is CC(C)(C)C1CCCN(C(=O)c2ncc[nH]2)CC1. The van der Waals surface area contributed by atoms with E-state index in [1.807, 2.05) is 4.90 Å². The summed E-state index contributed by atoms with van der Waals surface area (Å²) < 4.78 is 0. The van der Waals surface area contributed by atoms with Crippen LogP contribution in [0.3, 0.4) is 0 Å². The number of carbonyl (C=O) groups excluding carboxylic acids is 1. The molecule has 2 rings (SSSR count). The summed E-state index contributed by atoms with van der Waals surface area (Å²) in [7, 11) is 0.